The topological polar surface area (TPSA) is 106 Å². The number of anilines is 1. The molecule has 0 saturated carbocycles. The number of hydrogen-bond acceptors (Lipinski definition) is 9. The van der Waals surface area contributed by atoms with Crippen LogP contribution in [0, 0.1) is 5.82 Å². The van der Waals surface area contributed by atoms with Crippen molar-refractivity contribution >= 4 is 39.9 Å². The van der Waals surface area contributed by atoms with Gasteiger partial charge < -0.3 is 14.3 Å². The summed E-state index contributed by atoms with van der Waals surface area (Å²) in [5, 5.41) is 19.6. The maximum absolute atomic E-state index is 14.1. The van der Waals surface area contributed by atoms with Crippen molar-refractivity contribution in [1.82, 2.24) is 10.2 Å². The predicted octanol–water partition coefficient (Wildman–Crippen LogP) is 6.92. The summed E-state index contributed by atoms with van der Waals surface area (Å²) >= 11 is 2.37. The van der Waals surface area contributed by atoms with Crippen LogP contribution in [0.25, 0.3) is 0 Å². The molecular formula is C31H22FN3O5S2. The van der Waals surface area contributed by atoms with E-state index >= 15 is 0 Å². The zero-order valence-corrected chi connectivity index (χ0v) is 23.5. The van der Waals surface area contributed by atoms with E-state index in [1.165, 1.54) is 35.1 Å². The van der Waals surface area contributed by atoms with Crippen LogP contribution in [0.3, 0.4) is 0 Å². The molecule has 210 valence electrons. The molecule has 2 aromatic heterocycles. The Labute approximate surface area is 248 Å². The second-order valence-electron chi connectivity index (χ2n) is 9.22. The van der Waals surface area contributed by atoms with Crippen molar-refractivity contribution < 1.29 is 28.2 Å². The van der Waals surface area contributed by atoms with E-state index < -0.39 is 23.5 Å². The number of aliphatic hydroxyl groups is 1. The zero-order chi connectivity index (χ0) is 29.1. The number of Topliss-reactive ketones (excluding diaryl/α,β-unsaturated/α-hetero) is 1. The molecule has 3 aromatic carbocycles. The number of ether oxygens (including phenoxy) is 1. The van der Waals surface area contributed by atoms with Gasteiger partial charge in [-0.1, -0.05) is 83.8 Å². The summed E-state index contributed by atoms with van der Waals surface area (Å²) in [6, 6.07) is 25.1. The molecule has 0 radical (unpaired) electrons. The van der Waals surface area contributed by atoms with Crippen molar-refractivity contribution in [2.24, 2.45) is 0 Å². The van der Waals surface area contributed by atoms with E-state index in [1.54, 1.807) is 48.5 Å². The summed E-state index contributed by atoms with van der Waals surface area (Å²) in [6.45, 7) is 0.315. The lowest BCUT2D eigenvalue weighted by Gasteiger charge is -2.24. The fourth-order valence-corrected chi connectivity index (χ4v) is 6.37. The quantitative estimate of drug-likeness (QED) is 0.105. The number of nitrogens with zero attached hydrogens (tertiary/aromatic N) is 3. The first-order valence-electron chi connectivity index (χ1n) is 12.8. The molecule has 1 aliphatic rings. The number of rotatable bonds is 10. The number of carbonyl (C=O) groups excluding carboxylic acids is 2. The Bertz CT molecular complexity index is 1770. The fourth-order valence-electron chi connectivity index (χ4n) is 4.52. The van der Waals surface area contributed by atoms with Gasteiger partial charge in [-0.2, -0.15) is 0 Å². The number of carbonyl (C=O) groups is 2. The molecular weight excluding hydrogens is 577 g/mol. The second-order valence-corrected chi connectivity index (χ2v) is 11.4. The zero-order valence-electron chi connectivity index (χ0n) is 21.8. The Morgan fingerprint density at radius 3 is 2.62 bits per heavy atom. The van der Waals surface area contributed by atoms with Gasteiger partial charge in [0.2, 0.25) is 10.9 Å². The van der Waals surface area contributed by atoms with Gasteiger partial charge in [-0.15, -0.1) is 10.2 Å². The summed E-state index contributed by atoms with van der Waals surface area (Å²) in [5.41, 5.74) is 1.85. The molecule has 1 amide bonds. The Morgan fingerprint density at radius 2 is 1.83 bits per heavy atom. The Kier molecular flexibility index (Phi) is 7.85. The van der Waals surface area contributed by atoms with Crippen LogP contribution >= 0.6 is 23.1 Å². The predicted molar refractivity (Wildman–Crippen MR) is 156 cm³/mol. The molecule has 0 aliphatic carbocycles. The average molecular weight is 600 g/mol. The highest BCUT2D eigenvalue weighted by Crippen LogP contribution is 2.44. The highest BCUT2D eigenvalue weighted by atomic mass is 32.2. The maximum Gasteiger partial charge on any atom is 0.296 e. The first-order chi connectivity index (χ1) is 20.5. The number of aromatic nitrogens is 2. The number of thioether (sulfide) groups is 1. The van der Waals surface area contributed by atoms with E-state index in [9.17, 15) is 19.1 Å². The van der Waals surface area contributed by atoms with Crippen LogP contribution in [-0.2, 0) is 17.2 Å². The van der Waals surface area contributed by atoms with Crippen molar-refractivity contribution in [3.8, 4) is 5.75 Å². The van der Waals surface area contributed by atoms with Gasteiger partial charge in [0, 0.05) is 5.75 Å². The van der Waals surface area contributed by atoms with E-state index in [-0.39, 0.29) is 22.3 Å². The van der Waals surface area contributed by atoms with Gasteiger partial charge >= 0.3 is 0 Å². The number of amides is 1. The van der Waals surface area contributed by atoms with Crippen molar-refractivity contribution in [1.29, 1.82) is 0 Å². The summed E-state index contributed by atoms with van der Waals surface area (Å²) in [4.78, 5) is 28.3. The average Bonchev–Trinajstić information content (AvgIpc) is 3.77. The highest BCUT2D eigenvalue weighted by molar-refractivity contribution is 8.00. The van der Waals surface area contributed by atoms with Crippen molar-refractivity contribution in [3.05, 3.63) is 137 Å². The van der Waals surface area contributed by atoms with E-state index in [0.29, 0.717) is 33.6 Å². The van der Waals surface area contributed by atoms with Gasteiger partial charge in [-0.3, -0.25) is 14.5 Å². The molecule has 3 heterocycles. The molecule has 1 atom stereocenters. The minimum Gasteiger partial charge on any atom is -0.503 e. The van der Waals surface area contributed by atoms with Crippen LogP contribution in [0.5, 0.6) is 5.75 Å². The number of halogens is 1. The molecule has 0 spiro atoms. The van der Waals surface area contributed by atoms with Crippen molar-refractivity contribution in [2.45, 2.75) is 22.7 Å². The second kappa shape index (κ2) is 12.0. The van der Waals surface area contributed by atoms with Gasteiger partial charge in [-0.05, 0) is 47.0 Å². The fraction of sp³-hybridized carbons (Fsp3) is 0.0968. The number of hydrogen-bond donors (Lipinski definition) is 1. The Morgan fingerprint density at radius 1 is 1.02 bits per heavy atom. The highest BCUT2D eigenvalue weighted by Gasteiger charge is 2.46. The third-order valence-corrected chi connectivity index (χ3v) is 8.64. The van der Waals surface area contributed by atoms with Crippen LogP contribution in [0.2, 0.25) is 0 Å². The first-order valence-corrected chi connectivity index (χ1v) is 14.6. The van der Waals surface area contributed by atoms with Gasteiger partial charge in [0.15, 0.2) is 15.9 Å². The van der Waals surface area contributed by atoms with Crippen LogP contribution in [0.4, 0.5) is 9.52 Å². The van der Waals surface area contributed by atoms with E-state index in [2.05, 4.69) is 10.2 Å². The lowest BCUT2D eigenvalue weighted by atomic mass is 9.95. The van der Waals surface area contributed by atoms with Gasteiger partial charge in [0.25, 0.3) is 5.91 Å². The van der Waals surface area contributed by atoms with Crippen LogP contribution < -0.4 is 9.64 Å². The van der Waals surface area contributed by atoms with E-state index in [4.69, 9.17) is 9.15 Å². The molecule has 0 bridgehead atoms. The lowest BCUT2D eigenvalue weighted by molar-refractivity contribution is -0.117. The molecule has 6 rings (SSSR count). The third-order valence-electron chi connectivity index (χ3n) is 6.53. The molecule has 0 fully saturated rings. The van der Waals surface area contributed by atoms with Crippen LogP contribution in [0.15, 0.2) is 117 Å². The minimum atomic E-state index is -1.03. The van der Waals surface area contributed by atoms with Crippen LogP contribution in [-0.4, -0.2) is 27.0 Å². The number of aliphatic hydroxyl groups excluding tert-OH is 1. The third kappa shape index (κ3) is 5.56. The van der Waals surface area contributed by atoms with Crippen molar-refractivity contribution in [3.63, 3.8) is 0 Å². The van der Waals surface area contributed by atoms with Gasteiger partial charge in [0.05, 0.1) is 17.9 Å². The Hall–Kier alpha value is -4.74. The SMILES string of the molecule is O=C(C1=C(O)C(=O)N(c2nnc(SCc3ccccc3F)s2)C1c1cccc(OCc2ccccc2)c1)c1ccco1. The first kappa shape index (κ1) is 27.4. The lowest BCUT2D eigenvalue weighted by Crippen LogP contribution is -2.31. The molecule has 0 saturated heterocycles. The summed E-state index contributed by atoms with van der Waals surface area (Å²) in [6.07, 6.45) is 1.34. The molecule has 1 N–H and O–H groups in total. The standard InChI is InChI=1S/C31H22FN3O5S2/c32-23-13-5-4-10-21(23)18-41-31-34-33-30(42-31)35-26(25(28(37)29(35)38)27(36)24-14-7-15-39-24)20-11-6-12-22(16-20)40-17-19-8-2-1-3-9-19/h1-16,26,37H,17-18H2. The summed E-state index contributed by atoms with van der Waals surface area (Å²) in [5.74, 6) is -1.66. The maximum atomic E-state index is 14.1. The largest absolute Gasteiger partial charge is 0.503 e. The summed E-state index contributed by atoms with van der Waals surface area (Å²) < 4.78 is 25.9. The molecule has 1 unspecified atom stereocenters. The monoisotopic (exact) mass is 599 g/mol. The molecule has 11 heteroatoms. The molecule has 5 aromatic rings. The smallest absolute Gasteiger partial charge is 0.296 e. The van der Waals surface area contributed by atoms with Crippen molar-refractivity contribution in [2.75, 3.05) is 4.90 Å². The molecule has 8 nitrogen and oxygen atoms in total. The summed E-state index contributed by atoms with van der Waals surface area (Å²) in [7, 11) is 0. The van der Waals surface area contributed by atoms with Gasteiger partial charge in [-0.25, -0.2) is 4.39 Å². The van der Waals surface area contributed by atoms with Gasteiger partial charge in [0.1, 0.15) is 18.2 Å². The van der Waals surface area contributed by atoms with E-state index in [1.807, 2.05) is 30.3 Å². The Balaban J connectivity index is 1.33. The molecule has 42 heavy (non-hydrogen) atoms. The molecule has 1 aliphatic heterocycles. The minimum absolute atomic E-state index is 0.0221. The van der Waals surface area contributed by atoms with E-state index in [0.717, 1.165) is 16.9 Å². The number of furan rings is 1. The normalized spacial score (nSPS) is 14.9. The number of benzene rings is 3. The number of ketones is 1. The van der Waals surface area contributed by atoms with Crippen LogP contribution in [0.1, 0.15) is 33.3 Å².